The number of rotatable bonds is 4. The molecule has 0 saturated heterocycles. The summed E-state index contributed by atoms with van der Waals surface area (Å²) in [5.74, 6) is -1.06. The van der Waals surface area contributed by atoms with Gasteiger partial charge in [-0.3, -0.25) is 4.79 Å². The van der Waals surface area contributed by atoms with Gasteiger partial charge in [0.2, 0.25) is 0 Å². The van der Waals surface area contributed by atoms with Crippen molar-refractivity contribution in [2.45, 2.75) is 26.8 Å². The summed E-state index contributed by atoms with van der Waals surface area (Å²) in [6.07, 6.45) is 0. The smallest absolute Gasteiger partial charge is 0.323 e. The lowest BCUT2D eigenvalue weighted by molar-refractivity contribution is -0.135. The Labute approximate surface area is 104 Å². The average molecular weight is 256 g/mol. The Morgan fingerprint density at radius 3 is 2.59 bits per heavy atom. The second-order valence-corrected chi connectivity index (χ2v) is 5.27. The fourth-order valence-corrected chi connectivity index (χ4v) is 2.58. The molecule has 1 rings (SSSR count). The quantitative estimate of drug-likeness (QED) is 0.768. The lowest BCUT2D eigenvalue weighted by atomic mass is 10.1. The first-order valence-corrected chi connectivity index (χ1v) is 6.05. The van der Waals surface area contributed by atoms with Gasteiger partial charge in [-0.2, -0.15) is 0 Å². The molecule has 0 aliphatic heterocycles. The Kier molecular flexibility index (Phi) is 4.51. The van der Waals surface area contributed by atoms with Gasteiger partial charge in [0.15, 0.2) is 0 Å². The Morgan fingerprint density at radius 2 is 2.12 bits per heavy atom. The van der Waals surface area contributed by atoms with Crippen LogP contribution >= 0.6 is 11.3 Å². The standard InChI is InChI=1S/C11H16N2O3S/c1-6-4-9(8(3)17-6)7(2)13-11(16)12-5-10(14)15/h4,7H,5H2,1-3H3,(H,14,15)(H2,12,13,16). The van der Waals surface area contributed by atoms with E-state index in [1.807, 2.05) is 26.8 Å². The molecule has 1 atom stereocenters. The number of aliphatic carboxylic acids is 1. The maximum Gasteiger partial charge on any atom is 0.323 e. The minimum atomic E-state index is -1.06. The molecular weight excluding hydrogens is 240 g/mol. The first-order valence-electron chi connectivity index (χ1n) is 5.23. The molecule has 5 nitrogen and oxygen atoms in total. The molecular formula is C11H16N2O3S. The molecule has 0 aliphatic rings. The highest BCUT2D eigenvalue weighted by Gasteiger charge is 2.13. The van der Waals surface area contributed by atoms with Crippen molar-refractivity contribution in [3.8, 4) is 0 Å². The first kappa shape index (κ1) is 13.5. The van der Waals surface area contributed by atoms with E-state index >= 15 is 0 Å². The molecule has 17 heavy (non-hydrogen) atoms. The molecule has 0 bridgehead atoms. The molecule has 1 aromatic heterocycles. The molecule has 1 heterocycles. The third-order valence-electron chi connectivity index (χ3n) is 2.29. The minimum absolute atomic E-state index is 0.131. The van der Waals surface area contributed by atoms with Crippen LogP contribution in [0.1, 0.15) is 28.3 Å². The van der Waals surface area contributed by atoms with Crippen LogP contribution in [0.25, 0.3) is 0 Å². The van der Waals surface area contributed by atoms with Crippen LogP contribution in [0.2, 0.25) is 0 Å². The number of carbonyl (C=O) groups excluding carboxylic acids is 1. The van der Waals surface area contributed by atoms with Crippen molar-refractivity contribution in [1.82, 2.24) is 10.6 Å². The summed E-state index contributed by atoms with van der Waals surface area (Å²) < 4.78 is 0. The highest BCUT2D eigenvalue weighted by Crippen LogP contribution is 2.25. The SMILES string of the molecule is Cc1cc(C(C)NC(=O)NCC(=O)O)c(C)s1. The van der Waals surface area contributed by atoms with Crippen LogP contribution in [0.5, 0.6) is 0 Å². The van der Waals surface area contributed by atoms with Gasteiger partial charge in [0, 0.05) is 9.75 Å². The predicted molar refractivity (Wildman–Crippen MR) is 66.4 cm³/mol. The summed E-state index contributed by atoms with van der Waals surface area (Å²) in [4.78, 5) is 24.0. The highest BCUT2D eigenvalue weighted by atomic mass is 32.1. The molecule has 2 amide bonds. The fraction of sp³-hybridized carbons (Fsp3) is 0.455. The number of nitrogens with one attached hydrogen (secondary N) is 2. The van der Waals surface area contributed by atoms with Crippen molar-refractivity contribution in [2.24, 2.45) is 0 Å². The second kappa shape index (κ2) is 5.67. The molecule has 3 N–H and O–H groups in total. The number of carboxylic acids is 1. The topological polar surface area (TPSA) is 78.4 Å². The molecule has 6 heteroatoms. The van der Waals surface area contributed by atoms with E-state index in [-0.39, 0.29) is 12.6 Å². The fourth-order valence-electron chi connectivity index (χ4n) is 1.56. The predicted octanol–water partition coefficient (Wildman–Crippen LogP) is 1.81. The summed E-state index contributed by atoms with van der Waals surface area (Å²) in [7, 11) is 0. The molecule has 0 saturated carbocycles. The van der Waals surface area contributed by atoms with Gasteiger partial charge in [-0.25, -0.2) is 4.79 Å². The van der Waals surface area contributed by atoms with Gasteiger partial charge in [-0.15, -0.1) is 11.3 Å². The molecule has 0 aliphatic carbocycles. The lowest BCUT2D eigenvalue weighted by Crippen LogP contribution is -2.39. The monoisotopic (exact) mass is 256 g/mol. The van der Waals surface area contributed by atoms with E-state index in [2.05, 4.69) is 10.6 Å². The number of urea groups is 1. The van der Waals surface area contributed by atoms with Crippen LogP contribution < -0.4 is 10.6 Å². The summed E-state index contributed by atoms with van der Waals surface area (Å²) in [6, 6.07) is 1.43. The number of thiophene rings is 1. The average Bonchev–Trinajstić information content (AvgIpc) is 2.55. The van der Waals surface area contributed by atoms with Crippen LogP contribution in [0.15, 0.2) is 6.07 Å². The van der Waals surface area contributed by atoms with E-state index in [0.717, 1.165) is 10.4 Å². The van der Waals surface area contributed by atoms with E-state index in [4.69, 9.17) is 5.11 Å². The Bertz CT molecular complexity index is 428. The molecule has 0 fully saturated rings. The maximum atomic E-state index is 11.4. The number of hydrogen-bond acceptors (Lipinski definition) is 3. The van der Waals surface area contributed by atoms with E-state index in [1.54, 1.807) is 11.3 Å². The van der Waals surface area contributed by atoms with Crippen LogP contribution in [-0.2, 0) is 4.79 Å². The maximum absolute atomic E-state index is 11.4. The zero-order valence-corrected chi connectivity index (χ0v) is 10.9. The van der Waals surface area contributed by atoms with Crippen molar-refractivity contribution < 1.29 is 14.7 Å². The minimum Gasteiger partial charge on any atom is -0.480 e. The molecule has 1 unspecified atom stereocenters. The first-order chi connectivity index (χ1) is 7.90. The Morgan fingerprint density at radius 1 is 1.47 bits per heavy atom. The number of amides is 2. The van der Waals surface area contributed by atoms with Gasteiger partial charge in [0.25, 0.3) is 0 Å². The molecule has 94 valence electrons. The van der Waals surface area contributed by atoms with E-state index < -0.39 is 12.0 Å². The van der Waals surface area contributed by atoms with Crippen molar-refractivity contribution in [3.63, 3.8) is 0 Å². The van der Waals surface area contributed by atoms with Gasteiger partial charge >= 0.3 is 12.0 Å². The van der Waals surface area contributed by atoms with Crippen molar-refractivity contribution in [1.29, 1.82) is 0 Å². The molecule has 1 aromatic rings. The summed E-state index contributed by atoms with van der Waals surface area (Å²) in [6.45, 7) is 5.51. The van der Waals surface area contributed by atoms with Crippen molar-refractivity contribution in [2.75, 3.05) is 6.54 Å². The van der Waals surface area contributed by atoms with Crippen LogP contribution in [0.4, 0.5) is 4.79 Å². The zero-order valence-electron chi connectivity index (χ0n) is 10.0. The summed E-state index contributed by atoms with van der Waals surface area (Å²) >= 11 is 1.68. The number of carbonyl (C=O) groups is 2. The Balaban J connectivity index is 2.54. The summed E-state index contributed by atoms with van der Waals surface area (Å²) in [5.41, 5.74) is 1.07. The normalized spacial score (nSPS) is 11.9. The molecule has 0 radical (unpaired) electrons. The van der Waals surface area contributed by atoms with Crippen LogP contribution in [-0.4, -0.2) is 23.7 Å². The van der Waals surface area contributed by atoms with Crippen molar-refractivity contribution >= 4 is 23.3 Å². The lowest BCUT2D eigenvalue weighted by Gasteiger charge is -2.14. The van der Waals surface area contributed by atoms with Crippen LogP contribution in [0.3, 0.4) is 0 Å². The highest BCUT2D eigenvalue weighted by molar-refractivity contribution is 7.12. The number of hydrogen-bond donors (Lipinski definition) is 3. The largest absolute Gasteiger partial charge is 0.480 e. The molecule has 0 aromatic carbocycles. The van der Waals surface area contributed by atoms with E-state index in [9.17, 15) is 9.59 Å². The third kappa shape index (κ3) is 4.07. The summed E-state index contributed by atoms with van der Waals surface area (Å²) in [5, 5.41) is 13.4. The van der Waals surface area contributed by atoms with Gasteiger partial charge in [-0.05, 0) is 32.4 Å². The van der Waals surface area contributed by atoms with Gasteiger partial charge in [0.05, 0.1) is 6.04 Å². The van der Waals surface area contributed by atoms with Crippen molar-refractivity contribution in [3.05, 3.63) is 21.4 Å². The van der Waals surface area contributed by atoms with Gasteiger partial charge in [0.1, 0.15) is 6.54 Å². The number of aryl methyl sites for hydroxylation is 2. The third-order valence-corrected chi connectivity index (χ3v) is 3.28. The van der Waals surface area contributed by atoms with Crippen LogP contribution in [0, 0.1) is 13.8 Å². The van der Waals surface area contributed by atoms with E-state index in [0.29, 0.717) is 0 Å². The van der Waals surface area contributed by atoms with E-state index in [1.165, 1.54) is 4.88 Å². The molecule has 0 spiro atoms. The number of carboxylic acid groups (broad SMARTS) is 1. The second-order valence-electron chi connectivity index (χ2n) is 3.81. The van der Waals surface area contributed by atoms with Gasteiger partial charge < -0.3 is 15.7 Å². The Hall–Kier alpha value is -1.56. The zero-order chi connectivity index (χ0) is 13.0. The van der Waals surface area contributed by atoms with Gasteiger partial charge in [-0.1, -0.05) is 0 Å².